The molecule has 1 heterocycles. The summed E-state index contributed by atoms with van der Waals surface area (Å²) in [5.41, 5.74) is 7.10. The number of hydrogen-bond donors (Lipinski definition) is 3. The first kappa shape index (κ1) is 30.5. The summed E-state index contributed by atoms with van der Waals surface area (Å²) in [5, 5.41) is 6.14. The molecule has 0 aliphatic carbocycles. The van der Waals surface area contributed by atoms with Crippen LogP contribution in [0.25, 0.3) is 0 Å². The third-order valence-electron chi connectivity index (χ3n) is 6.69. The van der Waals surface area contributed by atoms with Crippen molar-refractivity contribution in [2.45, 2.75) is 31.0 Å². The van der Waals surface area contributed by atoms with Crippen molar-refractivity contribution in [3.63, 3.8) is 0 Å². The molecule has 0 fully saturated rings. The molecule has 13 heteroatoms. The molecule has 0 radical (unpaired) electrons. The fourth-order valence-corrected chi connectivity index (χ4v) is 5.23. The molecule has 216 valence electrons. The number of carbonyl (C=O) groups is 3. The third kappa shape index (κ3) is 7.25. The number of fused-ring (bicyclic) bond motifs is 1. The van der Waals surface area contributed by atoms with Crippen molar-refractivity contribution in [3.8, 4) is 0 Å². The number of rotatable bonds is 8. The highest BCUT2D eigenvalue weighted by Crippen LogP contribution is 2.40. The number of amides is 3. The van der Waals surface area contributed by atoms with E-state index in [1.54, 1.807) is 59.5 Å². The molecule has 3 atom stereocenters. The Balaban J connectivity index is 1.71. The number of nitrogens with zero attached hydrogens (tertiary/aromatic N) is 1. The Kier molecular flexibility index (Phi) is 9.36. The Bertz CT molecular complexity index is 1460. The van der Waals surface area contributed by atoms with Crippen LogP contribution in [0.4, 0.5) is 30.2 Å². The Hall–Kier alpha value is -3.47. The molecule has 0 spiro atoms. The van der Waals surface area contributed by atoms with Gasteiger partial charge in [-0.3, -0.25) is 14.4 Å². The lowest BCUT2D eigenvalue weighted by Gasteiger charge is -2.29. The summed E-state index contributed by atoms with van der Waals surface area (Å²) in [6.07, 6.45) is -6.60. The van der Waals surface area contributed by atoms with Crippen molar-refractivity contribution < 1.29 is 27.6 Å². The number of alkyl halides is 3. The van der Waals surface area contributed by atoms with Gasteiger partial charge in [0.05, 0.1) is 44.8 Å². The Morgan fingerprint density at radius 1 is 1.00 bits per heavy atom. The summed E-state index contributed by atoms with van der Waals surface area (Å²) in [7, 11) is 0. The van der Waals surface area contributed by atoms with Crippen molar-refractivity contribution in [1.82, 2.24) is 5.32 Å². The van der Waals surface area contributed by atoms with Crippen LogP contribution in [0.5, 0.6) is 0 Å². The van der Waals surface area contributed by atoms with Gasteiger partial charge in [-0.25, -0.2) is 0 Å². The number of halogens is 6. The van der Waals surface area contributed by atoms with Gasteiger partial charge in [0.15, 0.2) is 0 Å². The summed E-state index contributed by atoms with van der Waals surface area (Å²) in [5.74, 6) is -5.43. The van der Waals surface area contributed by atoms with Gasteiger partial charge in [0.25, 0.3) is 0 Å². The first-order chi connectivity index (χ1) is 19.4. The molecule has 4 rings (SSSR count). The molecule has 0 unspecified atom stereocenters. The molecule has 41 heavy (non-hydrogen) atoms. The minimum absolute atomic E-state index is 0.117. The van der Waals surface area contributed by atoms with Crippen molar-refractivity contribution in [2.24, 2.45) is 11.7 Å². The van der Waals surface area contributed by atoms with Gasteiger partial charge in [-0.15, -0.1) is 0 Å². The molecular weight excluding hydrogens is 604 g/mol. The number of primary amides is 1. The lowest BCUT2D eigenvalue weighted by atomic mass is 9.81. The number of nitrogens with one attached hydrogen (secondary N) is 2. The number of anilines is 3. The van der Waals surface area contributed by atoms with E-state index in [1.807, 2.05) is 0 Å². The number of nitrogens with two attached hydrogens (primary N) is 1. The van der Waals surface area contributed by atoms with Crippen LogP contribution in [0.3, 0.4) is 0 Å². The highest BCUT2D eigenvalue weighted by molar-refractivity contribution is 6.42. The summed E-state index contributed by atoms with van der Waals surface area (Å²) < 4.78 is 39.3. The normalized spacial score (nSPS) is 16.7. The van der Waals surface area contributed by atoms with Crippen molar-refractivity contribution in [1.29, 1.82) is 0 Å². The molecule has 3 aromatic rings. The molecule has 1 aliphatic heterocycles. The second-order valence-corrected chi connectivity index (χ2v) is 10.7. The van der Waals surface area contributed by atoms with Crippen LogP contribution in [-0.2, 0) is 14.4 Å². The fourth-order valence-electron chi connectivity index (χ4n) is 4.72. The average molecular weight is 628 g/mol. The molecule has 0 saturated carbocycles. The summed E-state index contributed by atoms with van der Waals surface area (Å²) in [4.78, 5) is 41.2. The Morgan fingerprint density at radius 3 is 2.34 bits per heavy atom. The lowest BCUT2D eigenvalue weighted by molar-refractivity contribution is -0.143. The third-order valence-corrected chi connectivity index (χ3v) is 7.75. The first-order valence-electron chi connectivity index (χ1n) is 12.4. The quantitative estimate of drug-likeness (QED) is 0.267. The molecule has 0 aromatic heterocycles. The number of benzene rings is 3. The minimum atomic E-state index is -4.57. The second-order valence-electron chi connectivity index (χ2n) is 9.44. The highest BCUT2D eigenvalue weighted by Gasteiger charge is 2.40. The van der Waals surface area contributed by atoms with E-state index >= 15 is 0 Å². The summed E-state index contributed by atoms with van der Waals surface area (Å²) in [6.45, 7) is -0.117. The monoisotopic (exact) mass is 626 g/mol. The van der Waals surface area contributed by atoms with Gasteiger partial charge in [0.2, 0.25) is 17.7 Å². The Labute approximate surface area is 248 Å². The number of hydrogen-bond acceptors (Lipinski definition) is 4. The molecule has 3 aromatic carbocycles. The fraction of sp³-hybridized carbons (Fsp3) is 0.250. The molecule has 0 saturated heterocycles. The molecule has 7 nitrogen and oxygen atoms in total. The zero-order chi connectivity index (χ0) is 29.9. The van der Waals surface area contributed by atoms with Crippen LogP contribution in [0.15, 0.2) is 66.7 Å². The van der Waals surface area contributed by atoms with Crippen LogP contribution < -0.4 is 21.3 Å². The van der Waals surface area contributed by atoms with Crippen molar-refractivity contribution >= 4 is 69.6 Å². The molecular formula is C28H24Cl3F3N4O3. The maximum Gasteiger partial charge on any atom is 0.389 e. The van der Waals surface area contributed by atoms with E-state index in [2.05, 4.69) is 10.6 Å². The predicted molar refractivity (Wildman–Crippen MR) is 153 cm³/mol. The minimum Gasteiger partial charge on any atom is -0.369 e. The van der Waals surface area contributed by atoms with E-state index in [4.69, 9.17) is 40.5 Å². The largest absolute Gasteiger partial charge is 0.389 e. The standard InChI is InChI=1S/C28H24Cl3F3N4O3/c29-18-10-9-16(13-20(18)31)38-14-21(26(40)37-24-19(30)7-4-8-22(24)38)36-27(41)23(15-5-2-1-3-6-15)17(25(35)39)11-12-28(32,33)34/h1-10,13,17,21,23H,11-12,14H2,(H2,35,39)(H,36,41)(H,37,40)/t17-,21+,23+/m1/s1. The topological polar surface area (TPSA) is 105 Å². The maximum absolute atomic E-state index is 13.8. The predicted octanol–water partition coefficient (Wildman–Crippen LogP) is 6.45. The first-order valence-corrected chi connectivity index (χ1v) is 13.5. The SMILES string of the molecule is NC(=O)[C@H](CCC(F)(F)F)[C@@H](C(=O)N[C@H]1CN(c2ccc(Cl)c(Cl)c2)c2cccc(Cl)c2NC1=O)c1ccccc1. The van der Waals surface area contributed by atoms with Crippen LogP contribution in [0, 0.1) is 5.92 Å². The summed E-state index contributed by atoms with van der Waals surface area (Å²) in [6, 6.07) is 16.4. The average Bonchev–Trinajstić information content (AvgIpc) is 3.05. The Morgan fingerprint density at radius 2 is 1.71 bits per heavy atom. The smallest absolute Gasteiger partial charge is 0.369 e. The van der Waals surface area contributed by atoms with E-state index in [-0.39, 0.29) is 27.8 Å². The van der Waals surface area contributed by atoms with Gasteiger partial charge in [-0.1, -0.05) is 71.2 Å². The van der Waals surface area contributed by atoms with Crippen molar-refractivity contribution in [2.75, 3.05) is 16.8 Å². The van der Waals surface area contributed by atoms with Gasteiger partial charge in [-0.2, -0.15) is 13.2 Å². The molecule has 4 N–H and O–H groups in total. The van der Waals surface area contributed by atoms with Gasteiger partial charge in [0.1, 0.15) is 6.04 Å². The number of para-hydroxylation sites is 1. The highest BCUT2D eigenvalue weighted by atomic mass is 35.5. The maximum atomic E-state index is 13.8. The molecule has 0 bridgehead atoms. The zero-order valence-corrected chi connectivity index (χ0v) is 23.5. The van der Waals surface area contributed by atoms with E-state index in [0.717, 1.165) is 0 Å². The van der Waals surface area contributed by atoms with E-state index in [1.165, 1.54) is 12.1 Å². The van der Waals surface area contributed by atoms with Crippen LogP contribution in [0.1, 0.15) is 24.3 Å². The van der Waals surface area contributed by atoms with Crippen LogP contribution in [-0.4, -0.2) is 36.5 Å². The zero-order valence-electron chi connectivity index (χ0n) is 21.2. The van der Waals surface area contributed by atoms with Gasteiger partial charge in [0, 0.05) is 12.1 Å². The van der Waals surface area contributed by atoms with Crippen LogP contribution >= 0.6 is 34.8 Å². The van der Waals surface area contributed by atoms with E-state index < -0.39 is 54.6 Å². The van der Waals surface area contributed by atoms with E-state index in [0.29, 0.717) is 16.4 Å². The van der Waals surface area contributed by atoms with Gasteiger partial charge in [-0.05, 0) is 42.3 Å². The summed E-state index contributed by atoms with van der Waals surface area (Å²) >= 11 is 18.8. The van der Waals surface area contributed by atoms with E-state index in [9.17, 15) is 27.6 Å². The molecule has 1 aliphatic rings. The van der Waals surface area contributed by atoms with Gasteiger partial charge < -0.3 is 21.3 Å². The lowest BCUT2D eigenvalue weighted by Crippen LogP contribution is -2.51. The second kappa shape index (κ2) is 12.6. The van der Waals surface area contributed by atoms with Crippen molar-refractivity contribution in [3.05, 3.63) is 87.4 Å². The van der Waals surface area contributed by atoms with Gasteiger partial charge >= 0.3 is 6.18 Å². The van der Waals surface area contributed by atoms with Crippen LogP contribution in [0.2, 0.25) is 15.1 Å². The number of carbonyl (C=O) groups excluding carboxylic acids is 3. The molecule has 3 amide bonds.